The highest BCUT2D eigenvalue weighted by molar-refractivity contribution is 7.89. The normalized spacial score (nSPS) is 12.7. The third-order valence-corrected chi connectivity index (χ3v) is 4.09. The molecule has 0 unspecified atom stereocenters. The molecule has 0 saturated heterocycles. The SMILES string of the molecule is Cc1cc(CN)ccc1S(=O)(=O)NCCC(F)(F)F. The summed E-state index contributed by atoms with van der Waals surface area (Å²) in [6, 6.07) is 4.47. The lowest BCUT2D eigenvalue weighted by molar-refractivity contribution is -0.132. The second-order valence-corrected chi connectivity index (χ2v) is 5.80. The number of alkyl halides is 3. The van der Waals surface area contributed by atoms with Crippen molar-refractivity contribution in [3.05, 3.63) is 29.3 Å². The molecular formula is C11H15F3N2O2S. The van der Waals surface area contributed by atoms with Gasteiger partial charge in [-0.15, -0.1) is 0 Å². The van der Waals surface area contributed by atoms with E-state index in [0.717, 1.165) is 5.56 Å². The molecule has 0 heterocycles. The van der Waals surface area contributed by atoms with E-state index in [1.54, 1.807) is 13.0 Å². The lowest BCUT2D eigenvalue weighted by Crippen LogP contribution is -2.28. The molecule has 0 aliphatic carbocycles. The third-order valence-electron chi connectivity index (χ3n) is 2.47. The number of aryl methyl sites for hydroxylation is 1. The largest absolute Gasteiger partial charge is 0.390 e. The van der Waals surface area contributed by atoms with Crippen molar-refractivity contribution in [2.45, 2.75) is 31.0 Å². The Balaban J connectivity index is 2.83. The average Bonchev–Trinajstić information content (AvgIpc) is 2.26. The van der Waals surface area contributed by atoms with E-state index in [1.807, 2.05) is 4.72 Å². The van der Waals surface area contributed by atoms with Crippen LogP contribution in [0.1, 0.15) is 17.5 Å². The Kier molecular flexibility index (Phi) is 4.94. The van der Waals surface area contributed by atoms with Crippen LogP contribution in [0.2, 0.25) is 0 Å². The van der Waals surface area contributed by atoms with E-state index in [0.29, 0.717) is 5.56 Å². The first kappa shape index (κ1) is 15.9. The Bertz CT molecular complexity index is 541. The lowest BCUT2D eigenvalue weighted by atomic mass is 10.1. The van der Waals surface area contributed by atoms with Crippen LogP contribution in [0.4, 0.5) is 13.2 Å². The number of rotatable bonds is 5. The van der Waals surface area contributed by atoms with Crippen molar-refractivity contribution in [2.75, 3.05) is 6.54 Å². The maximum Gasteiger partial charge on any atom is 0.390 e. The number of hydrogen-bond donors (Lipinski definition) is 2. The molecule has 0 fully saturated rings. The van der Waals surface area contributed by atoms with Gasteiger partial charge in [-0.05, 0) is 24.1 Å². The minimum Gasteiger partial charge on any atom is -0.326 e. The van der Waals surface area contributed by atoms with E-state index < -0.39 is 29.2 Å². The first-order chi connectivity index (χ1) is 8.65. The second-order valence-electron chi connectivity index (χ2n) is 4.07. The molecule has 19 heavy (non-hydrogen) atoms. The highest BCUT2D eigenvalue weighted by atomic mass is 32.2. The smallest absolute Gasteiger partial charge is 0.326 e. The molecule has 0 amide bonds. The number of benzene rings is 1. The highest BCUT2D eigenvalue weighted by Crippen LogP contribution is 2.20. The predicted octanol–water partition coefficient (Wildman–Crippen LogP) is 1.68. The van der Waals surface area contributed by atoms with E-state index in [-0.39, 0.29) is 11.4 Å². The first-order valence-electron chi connectivity index (χ1n) is 5.52. The summed E-state index contributed by atoms with van der Waals surface area (Å²) in [5.41, 5.74) is 6.62. The fourth-order valence-electron chi connectivity index (χ4n) is 1.54. The molecular weight excluding hydrogens is 281 g/mol. The Morgan fingerprint density at radius 3 is 2.42 bits per heavy atom. The van der Waals surface area contributed by atoms with Gasteiger partial charge in [0, 0.05) is 13.1 Å². The fourth-order valence-corrected chi connectivity index (χ4v) is 2.80. The van der Waals surface area contributed by atoms with Crippen LogP contribution in [0.3, 0.4) is 0 Å². The van der Waals surface area contributed by atoms with E-state index in [4.69, 9.17) is 5.73 Å². The van der Waals surface area contributed by atoms with Gasteiger partial charge in [0.25, 0.3) is 0 Å². The highest BCUT2D eigenvalue weighted by Gasteiger charge is 2.27. The maximum absolute atomic E-state index is 12.0. The van der Waals surface area contributed by atoms with Gasteiger partial charge in [-0.3, -0.25) is 0 Å². The molecule has 0 radical (unpaired) electrons. The van der Waals surface area contributed by atoms with Crippen LogP contribution in [-0.2, 0) is 16.6 Å². The zero-order valence-electron chi connectivity index (χ0n) is 10.3. The van der Waals surface area contributed by atoms with Gasteiger partial charge in [0.05, 0.1) is 11.3 Å². The second kappa shape index (κ2) is 5.89. The number of nitrogens with two attached hydrogens (primary N) is 1. The summed E-state index contributed by atoms with van der Waals surface area (Å²) < 4.78 is 61.5. The Morgan fingerprint density at radius 2 is 1.95 bits per heavy atom. The Morgan fingerprint density at radius 1 is 1.32 bits per heavy atom. The van der Waals surface area contributed by atoms with E-state index >= 15 is 0 Å². The average molecular weight is 296 g/mol. The zero-order valence-corrected chi connectivity index (χ0v) is 11.1. The maximum atomic E-state index is 12.0. The molecule has 0 aliphatic heterocycles. The molecule has 108 valence electrons. The van der Waals surface area contributed by atoms with Gasteiger partial charge in [0.1, 0.15) is 0 Å². The number of halogens is 3. The monoisotopic (exact) mass is 296 g/mol. The molecule has 3 N–H and O–H groups in total. The van der Waals surface area contributed by atoms with Crippen LogP contribution in [0.15, 0.2) is 23.1 Å². The van der Waals surface area contributed by atoms with Gasteiger partial charge < -0.3 is 5.73 Å². The van der Waals surface area contributed by atoms with Crippen molar-refractivity contribution in [3.8, 4) is 0 Å². The van der Waals surface area contributed by atoms with Gasteiger partial charge in [0.2, 0.25) is 10.0 Å². The van der Waals surface area contributed by atoms with Gasteiger partial charge >= 0.3 is 6.18 Å². The molecule has 4 nitrogen and oxygen atoms in total. The van der Waals surface area contributed by atoms with Crippen LogP contribution in [-0.4, -0.2) is 21.1 Å². The van der Waals surface area contributed by atoms with Crippen molar-refractivity contribution in [1.82, 2.24) is 4.72 Å². The van der Waals surface area contributed by atoms with Crippen molar-refractivity contribution in [3.63, 3.8) is 0 Å². The first-order valence-corrected chi connectivity index (χ1v) is 7.00. The van der Waals surface area contributed by atoms with Gasteiger partial charge in [-0.25, -0.2) is 13.1 Å². The van der Waals surface area contributed by atoms with E-state index in [1.165, 1.54) is 12.1 Å². The molecule has 0 aliphatic rings. The standard InChI is InChI=1S/C11H15F3N2O2S/c1-8-6-9(7-15)2-3-10(8)19(17,18)16-5-4-11(12,13)14/h2-3,6,16H,4-5,7,15H2,1H3. The van der Waals surface area contributed by atoms with Crippen molar-refractivity contribution in [2.24, 2.45) is 5.73 Å². The van der Waals surface area contributed by atoms with Gasteiger partial charge in [-0.2, -0.15) is 13.2 Å². The van der Waals surface area contributed by atoms with Crippen LogP contribution >= 0.6 is 0 Å². The number of sulfonamides is 1. The van der Waals surface area contributed by atoms with E-state index in [9.17, 15) is 21.6 Å². The summed E-state index contributed by atoms with van der Waals surface area (Å²) in [6.45, 7) is 1.16. The Hall–Kier alpha value is -1.12. The van der Waals surface area contributed by atoms with Crippen LogP contribution < -0.4 is 10.5 Å². The van der Waals surface area contributed by atoms with Crippen molar-refractivity contribution in [1.29, 1.82) is 0 Å². The fraction of sp³-hybridized carbons (Fsp3) is 0.455. The molecule has 1 rings (SSSR count). The lowest BCUT2D eigenvalue weighted by Gasteiger charge is -2.11. The predicted molar refractivity (Wildman–Crippen MR) is 64.9 cm³/mol. The molecule has 0 aromatic heterocycles. The summed E-state index contributed by atoms with van der Waals surface area (Å²) >= 11 is 0. The molecule has 0 bridgehead atoms. The van der Waals surface area contributed by atoms with Gasteiger partial charge in [-0.1, -0.05) is 12.1 Å². The molecule has 0 atom stereocenters. The van der Waals surface area contributed by atoms with E-state index in [2.05, 4.69) is 0 Å². The quantitative estimate of drug-likeness (QED) is 0.868. The topological polar surface area (TPSA) is 72.2 Å². The number of hydrogen-bond acceptors (Lipinski definition) is 3. The van der Waals surface area contributed by atoms with Crippen LogP contribution in [0.5, 0.6) is 0 Å². The summed E-state index contributed by atoms with van der Waals surface area (Å²) in [5.74, 6) is 0. The number of nitrogens with one attached hydrogen (secondary N) is 1. The van der Waals surface area contributed by atoms with Crippen LogP contribution in [0, 0.1) is 6.92 Å². The molecule has 1 aromatic carbocycles. The Labute approximate surface area is 109 Å². The van der Waals surface area contributed by atoms with Crippen molar-refractivity contribution < 1.29 is 21.6 Å². The summed E-state index contributed by atoms with van der Waals surface area (Å²) in [4.78, 5) is -0.0353. The summed E-state index contributed by atoms with van der Waals surface area (Å²) in [7, 11) is -3.93. The molecule has 1 aromatic rings. The zero-order chi connectivity index (χ0) is 14.7. The minimum atomic E-state index is -4.39. The van der Waals surface area contributed by atoms with Gasteiger partial charge in [0.15, 0.2) is 0 Å². The molecule has 0 spiro atoms. The van der Waals surface area contributed by atoms with Crippen molar-refractivity contribution >= 4 is 10.0 Å². The molecule has 8 heteroatoms. The minimum absolute atomic E-state index is 0.0353. The molecule has 0 saturated carbocycles. The van der Waals surface area contributed by atoms with Crippen LogP contribution in [0.25, 0.3) is 0 Å². The summed E-state index contributed by atoms with van der Waals surface area (Å²) in [6.07, 6.45) is -5.59. The third kappa shape index (κ3) is 4.81. The summed E-state index contributed by atoms with van der Waals surface area (Å²) in [5, 5.41) is 0.